The lowest BCUT2D eigenvalue weighted by molar-refractivity contribution is -0.385. The third-order valence-corrected chi connectivity index (χ3v) is 22.7. The molecule has 12 amide bonds. The van der Waals surface area contributed by atoms with Gasteiger partial charge in [-0.1, -0.05) is 59.6 Å². The van der Waals surface area contributed by atoms with Gasteiger partial charge in [-0.05, 0) is 127 Å². The zero-order chi connectivity index (χ0) is 98.6. The number of hydrogen-bond acceptors (Lipinski definition) is 27. The molecule has 19 N–H and O–H groups in total. The maximum absolute atomic E-state index is 12.6. The van der Waals surface area contributed by atoms with Crippen LogP contribution in [0.3, 0.4) is 0 Å². The Hall–Kier alpha value is -16.2. The highest BCUT2D eigenvalue weighted by Crippen LogP contribution is 2.42. The van der Waals surface area contributed by atoms with Crippen molar-refractivity contribution in [2.45, 2.75) is 159 Å². The maximum atomic E-state index is 12.6. The third kappa shape index (κ3) is 21.4. The van der Waals surface area contributed by atoms with Crippen molar-refractivity contribution in [3.05, 3.63) is 206 Å². The van der Waals surface area contributed by atoms with Crippen molar-refractivity contribution in [2.75, 3.05) is 11.5 Å². The number of nitrogens with two attached hydrogens (primary N) is 5. The molecule has 6 aliphatic rings. The van der Waals surface area contributed by atoms with Gasteiger partial charge in [0.2, 0.25) is 17.7 Å². The minimum atomic E-state index is -1.96. The Morgan fingerprint density at radius 2 is 0.664 bits per heavy atom. The number of nitro groups is 2. The highest BCUT2D eigenvalue weighted by atomic mass is 35.5. The van der Waals surface area contributed by atoms with Crippen LogP contribution in [0.15, 0.2) is 109 Å². The summed E-state index contributed by atoms with van der Waals surface area (Å²) in [7, 11) is 0. The quantitative estimate of drug-likeness (QED) is 0.0117. The van der Waals surface area contributed by atoms with Gasteiger partial charge < -0.3 is 89.3 Å². The number of rotatable bonds is 32. The molecule has 0 radical (unpaired) electrons. The van der Waals surface area contributed by atoms with Crippen molar-refractivity contribution in [2.24, 2.45) is 17.2 Å². The third-order valence-electron chi connectivity index (χ3n) is 22.0. The summed E-state index contributed by atoms with van der Waals surface area (Å²) < 4.78 is 0. The zero-order valence-electron chi connectivity index (χ0n) is 69.1. The molecule has 49 heteroatoms. The number of nitrogens with zero attached hydrogens (tertiary/aromatic N) is 8. The summed E-state index contributed by atoms with van der Waals surface area (Å²) in [5.74, 6) is -20.2. The number of halogens is 2. The van der Waals surface area contributed by atoms with Gasteiger partial charge in [0.1, 0.15) is 39.8 Å². The molecule has 0 bridgehead atoms. The van der Waals surface area contributed by atoms with E-state index in [4.69, 9.17) is 82.5 Å². The summed E-state index contributed by atoms with van der Waals surface area (Å²) in [5, 5.41) is 103. The fourth-order valence-electron chi connectivity index (χ4n) is 14.6. The molecule has 131 heavy (non-hydrogen) atoms. The molecule has 6 heterocycles. The highest BCUT2D eigenvalue weighted by Gasteiger charge is 2.56. The normalized spacial score (nSPS) is 15.8. The van der Waals surface area contributed by atoms with Crippen LogP contribution in [-0.2, 0) is 77.2 Å². The van der Waals surface area contributed by atoms with Crippen LogP contribution in [0.25, 0.3) is 0 Å². The summed E-state index contributed by atoms with van der Waals surface area (Å²) in [4.78, 5) is 271. The van der Waals surface area contributed by atoms with Gasteiger partial charge in [-0.25, -0.2) is 14.4 Å². The lowest BCUT2D eigenvalue weighted by Gasteiger charge is -2.34. The summed E-state index contributed by atoms with van der Waals surface area (Å²) in [6, 6.07) is 23.9. The highest BCUT2D eigenvalue weighted by molar-refractivity contribution is 6.33. The smallest absolute Gasteiger partial charge is 0.329 e. The monoisotopic (exact) mass is 1860 g/mol. The number of carboxylic acid groups (broad SMARTS) is 9. The van der Waals surface area contributed by atoms with Crippen LogP contribution in [-0.4, -0.2) is 244 Å². The molecule has 692 valence electrons. The number of imide groups is 3. The molecule has 0 saturated heterocycles. The number of carboxylic acids is 9. The predicted molar refractivity (Wildman–Crippen MR) is 445 cm³/mol. The first kappa shape index (κ1) is 102. The second-order valence-corrected chi connectivity index (χ2v) is 31.1. The predicted octanol–water partition coefficient (Wildman–Crippen LogP) is 4.73. The Kier molecular flexibility index (Phi) is 31.9. The van der Waals surface area contributed by atoms with E-state index in [1.165, 1.54) is 85.5 Å². The van der Waals surface area contributed by atoms with Crippen molar-refractivity contribution in [1.29, 1.82) is 0 Å². The molecule has 6 aliphatic heterocycles. The number of primary amides is 3. The van der Waals surface area contributed by atoms with E-state index in [1.54, 1.807) is 36.4 Å². The number of nitrogen functional groups attached to an aromatic ring is 2. The van der Waals surface area contributed by atoms with Crippen LogP contribution >= 0.6 is 23.2 Å². The Morgan fingerprint density at radius 3 is 0.992 bits per heavy atom. The number of amides is 12. The van der Waals surface area contributed by atoms with Crippen LogP contribution in [0.1, 0.15) is 215 Å². The van der Waals surface area contributed by atoms with E-state index in [0.717, 1.165) is 29.7 Å². The molecule has 0 saturated carbocycles. The number of aliphatic carboxylic acids is 9. The van der Waals surface area contributed by atoms with E-state index in [-0.39, 0.29) is 120 Å². The number of fused-ring (bicyclic) bond motifs is 6. The van der Waals surface area contributed by atoms with Gasteiger partial charge in [0.05, 0.1) is 55.3 Å². The summed E-state index contributed by atoms with van der Waals surface area (Å²) in [6.45, 7) is 4.84. The number of anilines is 2. The van der Waals surface area contributed by atoms with E-state index in [2.05, 4.69) is 0 Å². The van der Waals surface area contributed by atoms with Crippen LogP contribution < -0.4 is 28.7 Å². The Morgan fingerprint density at radius 1 is 0.366 bits per heavy atom. The first-order valence-corrected chi connectivity index (χ1v) is 39.1. The molecule has 6 aromatic carbocycles. The topological polar surface area (TPSA) is 776 Å². The van der Waals surface area contributed by atoms with Crippen LogP contribution in [0.2, 0.25) is 10.0 Å². The summed E-state index contributed by atoms with van der Waals surface area (Å²) in [5.41, 5.74) is 20.9. The molecule has 0 aliphatic carbocycles. The van der Waals surface area contributed by atoms with E-state index in [1.807, 2.05) is 0 Å². The average molecular weight is 1860 g/mol. The van der Waals surface area contributed by atoms with E-state index in [0.29, 0.717) is 47.0 Å². The van der Waals surface area contributed by atoms with Gasteiger partial charge in [0.25, 0.3) is 64.5 Å². The molecule has 0 aromatic heterocycles. The molecule has 6 atom stereocenters. The van der Waals surface area contributed by atoms with Crippen molar-refractivity contribution >= 4 is 171 Å². The lowest BCUT2D eigenvalue weighted by atomic mass is 9.92. The van der Waals surface area contributed by atoms with E-state index in [9.17, 15) is 136 Å². The minimum absolute atomic E-state index is 0.00954. The largest absolute Gasteiger partial charge is 0.481 e. The van der Waals surface area contributed by atoms with Crippen LogP contribution in [0.4, 0.5) is 22.7 Å². The van der Waals surface area contributed by atoms with Gasteiger partial charge in [0.15, 0.2) is 0 Å². The second kappa shape index (κ2) is 41.0. The Balaban J connectivity index is 0.000000215. The molecule has 6 aromatic rings. The SMILES string of the molecule is CC(CCC(=O)O)(C(=O)O)N1C(=O)c2cccc(N)c2C1=O.CC(CCC(=O)O)(C(=O)O)N1Cc2c(cccc2[N+](=O)[O-])C1=O.CC(CCC(=O)O)(C(N)=O)N1C(=O)c2cccc(N)c2C1=O.CC(CCC(=O)O)(C(N)=O)N1C(=O)c2cccc([N+](=O)[O-])c2C1=O.NC(=O)C(CCC(=O)O)N1Cc2c(Cl)cccc2C1=O.O=C(O)CCC(C(=O)O)N1Cc2c(Cl)cccc2C1=O. The number of nitro benzene ring substituents is 2. The minimum Gasteiger partial charge on any atom is -0.481 e. The Bertz CT molecular complexity index is 5660. The van der Waals surface area contributed by atoms with Gasteiger partial charge >= 0.3 is 53.7 Å². The fraction of sp³-hybridized carbons (Fsp3) is 0.305. The first-order chi connectivity index (χ1) is 61.0. The summed E-state index contributed by atoms with van der Waals surface area (Å²) >= 11 is 12.0. The van der Waals surface area contributed by atoms with Crippen LogP contribution in [0.5, 0.6) is 0 Å². The fourth-order valence-corrected chi connectivity index (χ4v) is 15.0. The van der Waals surface area contributed by atoms with Gasteiger partial charge in [0, 0.05) is 107 Å². The van der Waals surface area contributed by atoms with Gasteiger partial charge in [-0.15, -0.1) is 0 Å². The molecule has 47 nitrogen and oxygen atoms in total. The molecular formula is C82H81Cl2N13O34. The molecular weight excluding hydrogens is 1780 g/mol. The second-order valence-electron chi connectivity index (χ2n) is 30.3. The summed E-state index contributed by atoms with van der Waals surface area (Å²) in [6.07, 6.45) is -3.95. The number of carbonyl (C=O) groups is 21. The van der Waals surface area contributed by atoms with Gasteiger partial charge in [-0.2, -0.15) is 0 Å². The van der Waals surface area contributed by atoms with Crippen molar-refractivity contribution in [3.63, 3.8) is 0 Å². The van der Waals surface area contributed by atoms with Crippen molar-refractivity contribution in [1.82, 2.24) is 29.4 Å². The van der Waals surface area contributed by atoms with E-state index < -0.39 is 213 Å². The average Bonchev–Trinajstić information content (AvgIpc) is 1.59. The lowest BCUT2D eigenvalue weighted by Crippen LogP contribution is -2.58. The number of hydrogen-bond donors (Lipinski definition) is 14. The maximum Gasteiger partial charge on any atom is 0.329 e. The van der Waals surface area contributed by atoms with E-state index >= 15 is 0 Å². The van der Waals surface area contributed by atoms with Crippen molar-refractivity contribution < 1.29 is 156 Å². The Labute approximate surface area is 746 Å². The van der Waals surface area contributed by atoms with Crippen molar-refractivity contribution in [3.8, 4) is 0 Å². The molecule has 12 rings (SSSR count). The molecule has 0 spiro atoms. The number of benzene rings is 6. The zero-order valence-corrected chi connectivity index (χ0v) is 70.6. The first-order valence-electron chi connectivity index (χ1n) is 38.4. The van der Waals surface area contributed by atoms with Crippen LogP contribution in [0, 0.1) is 20.2 Å². The molecule has 0 fully saturated rings. The number of carbonyl (C=O) groups excluding carboxylic acids is 12. The standard InChI is InChI=1S/C14H13N3O7.C14H15N3O5.C14H14N2O7.C14H14N2O6.C13H13ClN2O4.C13H12ClNO5/c1-14(13(15)22,6-5-9(18)19)16-11(20)7-3-2-4-8(17(23)24)10(7)12(16)21;1-14(13(16)22,6-5-9(18)19)17-11(20)7-3-2-4-8(15)10(7)12(17)21;1-14(13(20)21,6-5-11(17)18)15-7-9-8(12(15)19)3-2-4-10(9)16(22)23;1-14(13(21)22,6-5-9(17)18)16-11(19)7-3-2-4-8(15)10(7)12(16)20;14-9-3-1-2-7-8(9)6-16(13(7)20)10(12(15)19)4-5-11(17)18;14-9-3-1-2-7-8(9)6-15(12(7)18)10(13(19)20)4-5-11(16)17/h2-4H,5-6H2,1H3,(H2,15,22)(H,18,19);2-4H,5-6,15H2,1H3,(H2,16,22)(H,18,19);2-4H,5-7H2,1H3,(H,17,18)(H,20,21);2-4H,5-6,15H2,1H3,(H,17,18)(H,21,22);1-3,10H,4-6H2,(H2,15,19)(H,17,18);1-3,10H,4-6H2,(H,16,17)(H,19,20). The molecule has 6 unspecified atom stereocenters. The van der Waals surface area contributed by atoms with Gasteiger partial charge in [-0.3, -0.25) is 121 Å².